The molecule has 0 aliphatic carbocycles. The van der Waals surface area contributed by atoms with Crippen molar-refractivity contribution in [2.24, 2.45) is 5.92 Å². The van der Waals surface area contributed by atoms with Gasteiger partial charge in [-0.25, -0.2) is 4.79 Å². The maximum Gasteiger partial charge on any atom is 0.408 e. The molecular formula is C22H25N3O5. The molecule has 1 heterocycles. The normalized spacial score (nSPS) is 16.0. The third-order valence-electron chi connectivity index (χ3n) is 4.61. The molecule has 0 saturated heterocycles. The van der Waals surface area contributed by atoms with Gasteiger partial charge in [0.05, 0.1) is 5.69 Å². The fourth-order valence-corrected chi connectivity index (χ4v) is 2.93. The number of hydrogen-bond acceptors (Lipinski definition) is 5. The van der Waals surface area contributed by atoms with E-state index < -0.39 is 24.1 Å². The highest BCUT2D eigenvalue weighted by Crippen LogP contribution is 2.32. The maximum atomic E-state index is 12.7. The van der Waals surface area contributed by atoms with Crippen molar-refractivity contribution in [3.05, 3.63) is 54.1 Å². The first-order chi connectivity index (χ1) is 14.3. The van der Waals surface area contributed by atoms with Gasteiger partial charge >= 0.3 is 6.09 Å². The summed E-state index contributed by atoms with van der Waals surface area (Å²) in [5, 5.41) is 8.11. The lowest BCUT2D eigenvalue weighted by atomic mass is 10.0. The Labute approximate surface area is 174 Å². The van der Waals surface area contributed by atoms with Crippen LogP contribution in [0.3, 0.4) is 0 Å². The van der Waals surface area contributed by atoms with E-state index in [-0.39, 0.29) is 18.4 Å². The molecular weight excluding hydrogens is 386 g/mol. The summed E-state index contributed by atoms with van der Waals surface area (Å²) in [4.78, 5) is 36.7. The van der Waals surface area contributed by atoms with Crippen molar-refractivity contribution in [2.75, 3.05) is 10.6 Å². The molecule has 2 aromatic carbocycles. The minimum atomic E-state index is -0.796. The average molecular weight is 411 g/mol. The molecule has 8 nitrogen and oxygen atoms in total. The second kappa shape index (κ2) is 9.30. The molecule has 3 N–H and O–H groups in total. The van der Waals surface area contributed by atoms with Crippen molar-refractivity contribution in [3.63, 3.8) is 0 Å². The molecule has 3 rings (SSSR count). The molecule has 1 aliphatic rings. The van der Waals surface area contributed by atoms with E-state index in [0.717, 1.165) is 5.56 Å². The lowest BCUT2D eigenvalue weighted by Crippen LogP contribution is -2.47. The van der Waals surface area contributed by atoms with E-state index in [0.29, 0.717) is 17.1 Å². The van der Waals surface area contributed by atoms with Crippen molar-refractivity contribution in [2.45, 2.75) is 39.5 Å². The minimum absolute atomic E-state index is 0.113. The average Bonchev–Trinajstić information content (AvgIpc) is 2.72. The summed E-state index contributed by atoms with van der Waals surface area (Å²) in [6.45, 7) is 5.42. The van der Waals surface area contributed by atoms with Crippen molar-refractivity contribution < 1.29 is 23.9 Å². The summed E-state index contributed by atoms with van der Waals surface area (Å²) in [5.74, 6) is -0.286. The predicted molar refractivity (Wildman–Crippen MR) is 112 cm³/mol. The Hall–Kier alpha value is -3.55. The van der Waals surface area contributed by atoms with Crippen LogP contribution in [-0.2, 0) is 20.9 Å². The van der Waals surface area contributed by atoms with Crippen LogP contribution >= 0.6 is 0 Å². The third kappa shape index (κ3) is 5.28. The number of fused-ring (bicyclic) bond motifs is 1. The van der Waals surface area contributed by atoms with Crippen molar-refractivity contribution >= 4 is 29.3 Å². The van der Waals surface area contributed by atoms with Gasteiger partial charge in [-0.1, -0.05) is 44.2 Å². The summed E-state index contributed by atoms with van der Waals surface area (Å²) in [6.07, 6.45) is -1.25. The molecule has 1 aliphatic heterocycles. The van der Waals surface area contributed by atoms with Gasteiger partial charge in [-0.3, -0.25) is 9.59 Å². The SMILES string of the molecule is CC(C)[C@H](NC(=O)OCc1ccccc1)C(=O)Nc1ccc2c(c1)NC(=O)[C@@H](C)O2. The standard InChI is InChI=1S/C22H25N3O5/c1-13(2)19(25-22(28)29-12-15-7-5-4-6-8-15)21(27)23-16-9-10-18-17(11-16)24-20(26)14(3)30-18/h4-11,13-14,19H,12H2,1-3H3,(H,23,27)(H,24,26)(H,25,28)/t14-,19+/m1/s1. The first-order valence-corrected chi connectivity index (χ1v) is 9.73. The molecule has 0 fully saturated rings. The Bertz CT molecular complexity index is 930. The first-order valence-electron chi connectivity index (χ1n) is 9.73. The number of hydrogen-bond donors (Lipinski definition) is 3. The highest BCUT2D eigenvalue weighted by molar-refractivity contribution is 6.00. The van der Waals surface area contributed by atoms with Crippen molar-refractivity contribution in [3.8, 4) is 5.75 Å². The summed E-state index contributed by atoms with van der Waals surface area (Å²) in [5.41, 5.74) is 1.81. The van der Waals surface area contributed by atoms with Gasteiger partial charge in [-0.15, -0.1) is 0 Å². The van der Waals surface area contributed by atoms with E-state index >= 15 is 0 Å². The molecule has 30 heavy (non-hydrogen) atoms. The molecule has 0 bridgehead atoms. The Morgan fingerprint density at radius 1 is 1.17 bits per heavy atom. The third-order valence-corrected chi connectivity index (χ3v) is 4.61. The number of amides is 3. The van der Waals surface area contributed by atoms with Crippen LogP contribution in [0.15, 0.2) is 48.5 Å². The summed E-state index contributed by atoms with van der Waals surface area (Å²) < 4.78 is 10.7. The first kappa shape index (κ1) is 21.2. The van der Waals surface area contributed by atoms with Gasteiger partial charge in [0.15, 0.2) is 6.10 Å². The van der Waals surface area contributed by atoms with E-state index in [1.54, 1.807) is 25.1 Å². The maximum absolute atomic E-state index is 12.7. The zero-order valence-electron chi connectivity index (χ0n) is 17.1. The summed E-state index contributed by atoms with van der Waals surface area (Å²) >= 11 is 0. The van der Waals surface area contributed by atoms with Gasteiger partial charge in [0, 0.05) is 5.69 Å². The Morgan fingerprint density at radius 2 is 1.90 bits per heavy atom. The molecule has 158 valence electrons. The van der Waals surface area contributed by atoms with E-state index in [2.05, 4.69) is 16.0 Å². The topological polar surface area (TPSA) is 106 Å². The zero-order valence-corrected chi connectivity index (χ0v) is 17.1. The largest absolute Gasteiger partial charge is 0.479 e. The zero-order chi connectivity index (χ0) is 21.7. The van der Waals surface area contributed by atoms with Crippen molar-refractivity contribution in [1.29, 1.82) is 0 Å². The minimum Gasteiger partial charge on any atom is -0.479 e. The van der Waals surface area contributed by atoms with Crippen LogP contribution in [0.5, 0.6) is 5.75 Å². The Morgan fingerprint density at radius 3 is 2.60 bits per heavy atom. The Balaban J connectivity index is 1.61. The number of rotatable bonds is 6. The number of carbonyl (C=O) groups is 3. The van der Waals surface area contributed by atoms with Gasteiger partial charge in [-0.05, 0) is 36.6 Å². The van der Waals surface area contributed by atoms with Crippen LogP contribution in [0.25, 0.3) is 0 Å². The second-order valence-electron chi connectivity index (χ2n) is 7.38. The van der Waals surface area contributed by atoms with Gasteiger partial charge in [-0.2, -0.15) is 0 Å². The van der Waals surface area contributed by atoms with E-state index in [9.17, 15) is 14.4 Å². The number of nitrogens with one attached hydrogen (secondary N) is 3. The number of carbonyl (C=O) groups excluding carboxylic acids is 3. The second-order valence-corrected chi connectivity index (χ2v) is 7.38. The molecule has 3 amide bonds. The van der Waals surface area contributed by atoms with Crippen LogP contribution in [0.4, 0.5) is 16.2 Å². The molecule has 0 unspecified atom stereocenters. The Kier molecular flexibility index (Phi) is 6.56. The summed E-state index contributed by atoms with van der Waals surface area (Å²) in [6, 6.07) is 13.4. The van der Waals surface area contributed by atoms with Gasteiger partial charge < -0.3 is 25.4 Å². The van der Waals surface area contributed by atoms with Gasteiger partial charge in [0.2, 0.25) is 5.91 Å². The molecule has 2 aromatic rings. The monoisotopic (exact) mass is 411 g/mol. The van der Waals surface area contributed by atoms with E-state index in [1.165, 1.54) is 0 Å². The highest BCUT2D eigenvalue weighted by Gasteiger charge is 2.27. The van der Waals surface area contributed by atoms with Crippen molar-refractivity contribution in [1.82, 2.24) is 5.32 Å². The number of benzene rings is 2. The number of ether oxygens (including phenoxy) is 2. The predicted octanol–water partition coefficient (Wildman–Crippen LogP) is 3.30. The molecule has 0 spiro atoms. The van der Waals surface area contributed by atoms with Crippen LogP contribution in [0, 0.1) is 5.92 Å². The lowest BCUT2D eigenvalue weighted by molar-refractivity contribution is -0.122. The number of alkyl carbamates (subject to hydrolysis) is 1. The number of anilines is 2. The lowest BCUT2D eigenvalue weighted by Gasteiger charge is -2.24. The highest BCUT2D eigenvalue weighted by atomic mass is 16.5. The summed E-state index contributed by atoms with van der Waals surface area (Å²) in [7, 11) is 0. The fourth-order valence-electron chi connectivity index (χ4n) is 2.93. The van der Waals surface area contributed by atoms with E-state index in [1.807, 2.05) is 44.2 Å². The van der Waals surface area contributed by atoms with Crippen LogP contribution in [-0.4, -0.2) is 30.1 Å². The van der Waals surface area contributed by atoms with Crippen LogP contribution < -0.4 is 20.7 Å². The van der Waals surface area contributed by atoms with E-state index in [4.69, 9.17) is 9.47 Å². The molecule has 2 atom stereocenters. The molecule has 8 heteroatoms. The quantitative estimate of drug-likeness (QED) is 0.676. The van der Waals surface area contributed by atoms with Crippen LogP contribution in [0.1, 0.15) is 26.3 Å². The van der Waals surface area contributed by atoms with Gasteiger partial charge in [0.1, 0.15) is 18.4 Å². The molecule has 0 radical (unpaired) electrons. The molecule has 0 saturated carbocycles. The smallest absolute Gasteiger partial charge is 0.408 e. The molecule has 0 aromatic heterocycles. The fraction of sp³-hybridized carbons (Fsp3) is 0.318. The van der Waals surface area contributed by atoms with Crippen LogP contribution in [0.2, 0.25) is 0 Å². The van der Waals surface area contributed by atoms with Gasteiger partial charge in [0.25, 0.3) is 5.91 Å².